The van der Waals surface area contributed by atoms with Crippen LogP contribution in [-0.4, -0.2) is 80.7 Å². The van der Waals surface area contributed by atoms with Gasteiger partial charge in [0, 0.05) is 26.2 Å². The molecule has 0 unspecified atom stereocenters. The molecule has 1 amide bonds. The van der Waals surface area contributed by atoms with Crippen molar-refractivity contribution in [3.63, 3.8) is 0 Å². The number of hydrogen-bond acceptors (Lipinski definition) is 8. The fourth-order valence-electron chi connectivity index (χ4n) is 4.39. The van der Waals surface area contributed by atoms with Gasteiger partial charge in [0.05, 0.1) is 17.3 Å². The summed E-state index contributed by atoms with van der Waals surface area (Å²) in [5.74, 6) is -1.14. The molecule has 10 nitrogen and oxygen atoms in total. The van der Waals surface area contributed by atoms with Crippen LogP contribution in [0.4, 0.5) is 0 Å². The number of piperidine rings is 1. The molecule has 3 aromatic rings. The molecule has 36 heavy (non-hydrogen) atoms. The van der Waals surface area contributed by atoms with E-state index in [0.29, 0.717) is 24.2 Å². The maximum atomic E-state index is 12.7. The number of carbonyl (C=O) groups is 3. The van der Waals surface area contributed by atoms with Gasteiger partial charge in [0.25, 0.3) is 0 Å². The van der Waals surface area contributed by atoms with E-state index in [9.17, 15) is 4.79 Å². The lowest BCUT2D eigenvalue weighted by molar-refractivity contribution is -0.159. The minimum atomic E-state index is -1.82. The van der Waals surface area contributed by atoms with Crippen molar-refractivity contribution in [2.75, 3.05) is 32.7 Å². The Morgan fingerprint density at radius 3 is 2.31 bits per heavy atom. The molecule has 0 radical (unpaired) electrons. The molecule has 2 aliphatic heterocycles. The first-order chi connectivity index (χ1) is 17.4. The topological polar surface area (TPSA) is 137 Å². The number of amides is 1. The molecule has 11 heteroatoms. The third kappa shape index (κ3) is 6.76. The van der Waals surface area contributed by atoms with Gasteiger partial charge in [-0.15, -0.1) is 11.3 Å². The van der Waals surface area contributed by atoms with Gasteiger partial charge in [0.2, 0.25) is 17.6 Å². The highest BCUT2D eigenvalue weighted by atomic mass is 32.1. The summed E-state index contributed by atoms with van der Waals surface area (Å²) in [6.45, 7) is 3.86. The van der Waals surface area contributed by atoms with E-state index in [1.54, 1.807) is 11.3 Å². The van der Waals surface area contributed by atoms with Crippen LogP contribution in [0.2, 0.25) is 0 Å². The molecule has 2 saturated heterocycles. The van der Waals surface area contributed by atoms with Gasteiger partial charge in [-0.25, -0.2) is 9.59 Å². The van der Waals surface area contributed by atoms with E-state index in [0.717, 1.165) is 50.3 Å². The summed E-state index contributed by atoms with van der Waals surface area (Å²) in [5.41, 5.74) is 1.40. The van der Waals surface area contributed by atoms with Gasteiger partial charge in [0.1, 0.15) is 0 Å². The number of nitrogens with zero attached hydrogens (tertiary/aromatic N) is 4. The molecule has 2 N–H and O–H groups in total. The van der Waals surface area contributed by atoms with E-state index in [1.165, 1.54) is 5.56 Å². The van der Waals surface area contributed by atoms with Crippen molar-refractivity contribution in [3.8, 4) is 10.7 Å². The van der Waals surface area contributed by atoms with Gasteiger partial charge in [-0.2, -0.15) is 4.98 Å². The largest absolute Gasteiger partial charge is 0.473 e. The van der Waals surface area contributed by atoms with Crippen LogP contribution in [0.15, 0.2) is 52.4 Å². The molecule has 0 aliphatic carbocycles. The van der Waals surface area contributed by atoms with Gasteiger partial charge in [0.15, 0.2) is 0 Å². The molecule has 2 aliphatic rings. The lowest BCUT2D eigenvalue weighted by Crippen LogP contribution is -2.51. The fraction of sp³-hybridized carbons (Fsp3) is 0.400. The Bertz CT molecular complexity index is 1140. The predicted molar refractivity (Wildman–Crippen MR) is 132 cm³/mol. The summed E-state index contributed by atoms with van der Waals surface area (Å²) >= 11 is 1.61. The van der Waals surface area contributed by atoms with E-state index < -0.39 is 11.9 Å². The molecule has 5 rings (SSSR count). The molecule has 0 spiro atoms. The monoisotopic (exact) mass is 512 g/mol. The second-order valence-electron chi connectivity index (χ2n) is 8.95. The maximum Gasteiger partial charge on any atom is 0.414 e. The maximum absolute atomic E-state index is 12.7. The number of aromatic nitrogens is 2. The quantitative estimate of drug-likeness (QED) is 0.478. The number of carbonyl (C=O) groups excluding carboxylic acids is 1. The lowest BCUT2D eigenvalue weighted by atomic mass is 9.90. The third-order valence-corrected chi connectivity index (χ3v) is 7.23. The summed E-state index contributed by atoms with van der Waals surface area (Å²) < 4.78 is 5.45. The van der Waals surface area contributed by atoms with Crippen LogP contribution in [-0.2, 0) is 20.8 Å². The number of carboxylic acids is 2. The number of rotatable bonds is 6. The fourth-order valence-corrected chi connectivity index (χ4v) is 5.04. The van der Waals surface area contributed by atoms with Crippen molar-refractivity contribution >= 4 is 29.2 Å². The highest BCUT2D eigenvalue weighted by Crippen LogP contribution is 2.29. The van der Waals surface area contributed by atoms with E-state index in [4.69, 9.17) is 24.3 Å². The van der Waals surface area contributed by atoms with E-state index in [1.807, 2.05) is 22.4 Å². The highest BCUT2D eigenvalue weighted by molar-refractivity contribution is 7.13. The van der Waals surface area contributed by atoms with Crippen LogP contribution in [0, 0.1) is 5.92 Å². The van der Waals surface area contributed by atoms with E-state index >= 15 is 0 Å². The second kappa shape index (κ2) is 11.9. The number of benzene rings is 1. The average molecular weight is 513 g/mol. The van der Waals surface area contributed by atoms with Crippen molar-refractivity contribution in [3.05, 3.63) is 59.3 Å². The summed E-state index contributed by atoms with van der Waals surface area (Å²) in [6.07, 6.45) is 3.31. The Hall–Kier alpha value is -3.57. The average Bonchev–Trinajstić information content (AvgIpc) is 3.55. The Kier molecular flexibility index (Phi) is 8.44. The standard InChI is InChI=1S/C23H26N4O2S.C2H2O4/c28-21(27-10-8-18(9-11-27)13-17-5-2-1-3-6-17)16-26-14-19(15-26)23-24-22(25-29-23)20-7-4-12-30-20;3-1(4)2(5)6/h1-7,12,18-19H,8-11,13-16H2;(H,3,4)(H,5,6). The SMILES string of the molecule is O=C(CN1CC(c2nc(-c3cccs3)no2)C1)N1CCC(Cc2ccccc2)CC1.O=C(O)C(=O)O. The van der Waals surface area contributed by atoms with Gasteiger partial charge in [-0.05, 0) is 42.2 Å². The second-order valence-corrected chi connectivity index (χ2v) is 9.90. The molecular weight excluding hydrogens is 484 g/mol. The molecule has 4 heterocycles. The molecule has 0 saturated carbocycles. The summed E-state index contributed by atoms with van der Waals surface area (Å²) in [4.78, 5) is 40.7. The van der Waals surface area contributed by atoms with Crippen molar-refractivity contribution in [2.45, 2.75) is 25.2 Å². The Balaban J connectivity index is 0.000000455. The van der Waals surface area contributed by atoms with Crippen molar-refractivity contribution in [1.29, 1.82) is 0 Å². The van der Waals surface area contributed by atoms with Crippen LogP contribution >= 0.6 is 11.3 Å². The first kappa shape index (κ1) is 25.5. The Labute approximate surface area is 212 Å². The molecule has 1 aromatic carbocycles. The smallest absolute Gasteiger partial charge is 0.414 e. The number of carboxylic acid groups (broad SMARTS) is 2. The molecule has 190 valence electrons. The van der Waals surface area contributed by atoms with E-state index in [-0.39, 0.29) is 11.8 Å². The zero-order valence-corrected chi connectivity index (χ0v) is 20.5. The van der Waals surface area contributed by atoms with Crippen LogP contribution in [0.1, 0.15) is 30.2 Å². The number of aliphatic carboxylic acids is 2. The predicted octanol–water partition coefficient (Wildman–Crippen LogP) is 2.83. The molecule has 2 fully saturated rings. The summed E-state index contributed by atoms with van der Waals surface area (Å²) in [6, 6.07) is 14.6. The molecular formula is C25H28N4O6S. The first-order valence-corrected chi connectivity index (χ1v) is 12.6. The van der Waals surface area contributed by atoms with Crippen LogP contribution in [0.25, 0.3) is 10.7 Å². The number of thiophene rings is 1. The van der Waals surface area contributed by atoms with Gasteiger partial charge >= 0.3 is 11.9 Å². The van der Waals surface area contributed by atoms with Crippen LogP contribution in [0.3, 0.4) is 0 Å². The van der Waals surface area contributed by atoms with Gasteiger partial charge in [-0.3, -0.25) is 9.69 Å². The molecule has 2 aromatic heterocycles. The first-order valence-electron chi connectivity index (χ1n) is 11.8. The molecule has 0 atom stereocenters. The highest BCUT2D eigenvalue weighted by Gasteiger charge is 2.35. The van der Waals surface area contributed by atoms with Crippen LogP contribution < -0.4 is 0 Å². The minimum Gasteiger partial charge on any atom is -0.473 e. The van der Waals surface area contributed by atoms with Gasteiger partial charge < -0.3 is 19.6 Å². The zero-order chi connectivity index (χ0) is 25.5. The summed E-state index contributed by atoms with van der Waals surface area (Å²) in [7, 11) is 0. The third-order valence-electron chi connectivity index (χ3n) is 6.37. The van der Waals surface area contributed by atoms with Crippen molar-refractivity contribution < 1.29 is 29.1 Å². The van der Waals surface area contributed by atoms with E-state index in [2.05, 4.69) is 45.4 Å². The number of likely N-dealkylation sites (tertiary alicyclic amines) is 2. The van der Waals surface area contributed by atoms with Crippen molar-refractivity contribution in [1.82, 2.24) is 19.9 Å². The zero-order valence-electron chi connectivity index (χ0n) is 19.7. The Morgan fingerprint density at radius 1 is 1.00 bits per heavy atom. The lowest BCUT2D eigenvalue weighted by Gasteiger charge is -2.39. The molecule has 0 bridgehead atoms. The van der Waals surface area contributed by atoms with Crippen LogP contribution in [0.5, 0.6) is 0 Å². The normalized spacial score (nSPS) is 16.6. The number of hydrogen-bond donors (Lipinski definition) is 2. The summed E-state index contributed by atoms with van der Waals surface area (Å²) in [5, 5.41) is 20.9. The van der Waals surface area contributed by atoms with Gasteiger partial charge in [-0.1, -0.05) is 41.6 Å². The minimum absolute atomic E-state index is 0.232. The van der Waals surface area contributed by atoms with Crippen molar-refractivity contribution in [2.24, 2.45) is 5.92 Å². The Morgan fingerprint density at radius 2 is 1.69 bits per heavy atom.